The predicted octanol–water partition coefficient (Wildman–Crippen LogP) is 2.64. The van der Waals surface area contributed by atoms with E-state index in [9.17, 15) is 48.6 Å². The molecule has 0 aromatic heterocycles. The molecule has 10 N–H and O–H groups in total. The van der Waals surface area contributed by atoms with Gasteiger partial charge in [-0.15, -0.1) is 0 Å². The molecule has 18 nitrogen and oxygen atoms in total. The lowest BCUT2D eigenvalue weighted by Gasteiger charge is -2.24. The van der Waals surface area contributed by atoms with Crippen molar-refractivity contribution in [3.8, 4) is 0 Å². The molecule has 0 aliphatic rings. The van der Waals surface area contributed by atoms with Crippen LogP contribution in [0.1, 0.15) is 101 Å². The van der Waals surface area contributed by atoms with Gasteiger partial charge in [-0.25, -0.2) is 14.4 Å². The molecule has 2 aromatic carbocycles. The predicted molar refractivity (Wildman–Crippen MR) is 231 cm³/mol. The quantitative estimate of drug-likeness (QED) is 0.0464. The molecular weight excluding hydrogens is 803 g/mol. The first-order chi connectivity index (χ1) is 29.8. The van der Waals surface area contributed by atoms with Crippen LogP contribution in [0.2, 0.25) is 0 Å². The van der Waals surface area contributed by atoms with Crippen molar-refractivity contribution in [1.29, 1.82) is 0 Å². The average Bonchev–Trinajstić information content (AvgIpc) is 3.24. The summed E-state index contributed by atoms with van der Waals surface area (Å²) in [6.07, 6.45) is 6.40. The number of carbonyl (C=O) groups excluding carboxylic acids is 5. The van der Waals surface area contributed by atoms with Crippen LogP contribution >= 0.6 is 0 Å². The number of benzene rings is 2. The molecule has 0 fully saturated rings. The van der Waals surface area contributed by atoms with Crippen LogP contribution in [-0.2, 0) is 46.4 Å². The second-order valence-electron chi connectivity index (χ2n) is 15.1. The topological polar surface area (TPSA) is 281 Å². The third-order valence-electron chi connectivity index (χ3n) is 9.91. The fourth-order valence-electron chi connectivity index (χ4n) is 6.45. The molecule has 0 spiro atoms. The number of hydrogen-bond donors (Lipinski definition) is 10. The van der Waals surface area contributed by atoms with Crippen molar-refractivity contribution in [1.82, 2.24) is 37.2 Å². The summed E-state index contributed by atoms with van der Waals surface area (Å²) >= 11 is 0. The van der Waals surface area contributed by atoms with E-state index in [2.05, 4.69) is 37.2 Å². The summed E-state index contributed by atoms with van der Waals surface area (Å²) in [4.78, 5) is 98.2. The molecule has 0 heterocycles. The van der Waals surface area contributed by atoms with Crippen molar-refractivity contribution in [3.05, 3.63) is 71.8 Å². The van der Waals surface area contributed by atoms with Crippen molar-refractivity contribution in [2.45, 2.75) is 127 Å². The smallest absolute Gasteiger partial charge is 0.326 e. The molecule has 0 aliphatic heterocycles. The van der Waals surface area contributed by atoms with Gasteiger partial charge >= 0.3 is 23.9 Å². The van der Waals surface area contributed by atoms with Crippen molar-refractivity contribution in [2.24, 2.45) is 0 Å². The summed E-state index contributed by atoms with van der Waals surface area (Å²) < 4.78 is 0. The highest BCUT2D eigenvalue weighted by Gasteiger charge is 2.28. The van der Waals surface area contributed by atoms with Crippen LogP contribution in [0.25, 0.3) is 0 Å². The Hall–Kier alpha value is -6.04. The average molecular weight is 868 g/mol. The van der Waals surface area contributed by atoms with Crippen LogP contribution in [0.3, 0.4) is 0 Å². The molecule has 0 saturated heterocycles. The maximum absolute atomic E-state index is 13.7. The van der Waals surface area contributed by atoms with E-state index in [1.807, 2.05) is 67.7 Å². The third-order valence-corrected chi connectivity index (χ3v) is 9.91. The van der Waals surface area contributed by atoms with Gasteiger partial charge < -0.3 is 52.5 Å². The number of unbranched alkanes of at least 4 members (excludes halogenated alkanes) is 6. The number of carboxylic acids is 3. The van der Waals surface area contributed by atoms with E-state index in [1.54, 1.807) is 0 Å². The highest BCUT2D eigenvalue weighted by Crippen LogP contribution is 2.10. The highest BCUT2D eigenvalue weighted by molar-refractivity contribution is 5.92. The number of nitrogens with one attached hydrogen (secondary N) is 7. The number of rotatable bonds is 33. The third kappa shape index (κ3) is 23.7. The molecule has 0 radical (unpaired) electrons. The number of aliphatic carboxylic acids is 3. The molecule has 2 unspecified atom stereocenters. The lowest BCUT2D eigenvalue weighted by Crippen LogP contribution is -2.55. The van der Waals surface area contributed by atoms with E-state index in [4.69, 9.17) is 5.11 Å². The van der Waals surface area contributed by atoms with E-state index in [0.717, 1.165) is 43.4 Å². The fraction of sp³-hybridized carbons (Fsp3) is 0.545. The molecule has 62 heavy (non-hydrogen) atoms. The summed E-state index contributed by atoms with van der Waals surface area (Å²) in [5.74, 6) is -5.14. The van der Waals surface area contributed by atoms with E-state index in [-0.39, 0.29) is 49.8 Å². The normalized spacial score (nSPS) is 12.7. The van der Waals surface area contributed by atoms with Crippen molar-refractivity contribution >= 4 is 47.6 Å². The Morgan fingerprint density at radius 2 is 0.952 bits per heavy atom. The second-order valence-corrected chi connectivity index (χ2v) is 15.1. The van der Waals surface area contributed by atoms with Gasteiger partial charge in [0.05, 0.1) is 0 Å². The van der Waals surface area contributed by atoms with Gasteiger partial charge in [-0.3, -0.25) is 24.0 Å². The van der Waals surface area contributed by atoms with Crippen molar-refractivity contribution in [3.63, 3.8) is 0 Å². The minimum atomic E-state index is -1.49. The van der Waals surface area contributed by atoms with Gasteiger partial charge in [0, 0.05) is 45.2 Å². The molecule has 0 bridgehead atoms. The minimum Gasteiger partial charge on any atom is -0.481 e. The Balaban J connectivity index is 1.74. The van der Waals surface area contributed by atoms with Crippen LogP contribution in [0.4, 0.5) is 4.79 Å². The van der Waals surface area contributed by atoms with E-state index >= 15 is 0 Å². The maximum atomic E-state index is 13.7. The summed E-state index contributed by atoms with van der Waals surface area (Å²) in [6, 6.07) is 13.2. The van der Waals surface area contributed by atoms with Crippen LogP contribution in [0.15, 0.2) is 60.7 Å². The van der Waals surface area contributed by atoms with E-state index in [1.165, 1.54) is 0 Å². The molecule has 18 heteroatoms. The summed E-state index contributed by atoms with van der Waals surface area (Å²) in [6.45, 7) is 1.49. The Morgan fingerprint density at radius 1 is 0.468 bits per heavy atom. The molecule has 0 saturated carbocycles. The lowest BCUT2D eigenvalue weighted by molar-refractivity contribution is -0.141. The molecule has 2 aromatic rings. The summed E-state index contributed by atoms with van der Waals surface area (Å²) in [7, 11) is 1.85. The minimum absolute atomic E-state index is 0.0287. The summed E-state index contributed by atoms with van der Waals surface area (Å²) in [5, 5.41) is 46.3. The molecule has 2 rings (SSSR count). The van der Waals surface area contributed by atoms with Gasteiger partial charge in [0.25, 0.3) is 0 Å². The van der Waals surface area contributed by atoms with E-state index < -0.39 is 60.4 Å². The number of hydrogen-bond acceptors (Lipinski definition) is 9. The second kappa shape index (κ2) is 30.9. The van der Waals surface area contributed by atoms with Crippen LogP contribution in [0.5, 0.6) is 0 Å². The SMILES string of the molecule is CNCCCCC(=O)N[C@H](Cc1ccccc1)C(=O)N[C@H](Cc1ccccc1)C(=O)NCCCCCCCC(=O)NCCCCC(NC(=O)NC(CCC(=O)O)C(=O)O)C(=O)O. The maximum Gasteiger partial charge on any atom is 0.326 e. The van der Waals surface area contributed by atoms with Gasteiger partial charge in [-0.1, -0.05) is 79.9 Å². The Kier molecular flexibility index (Phi) is 26.0. The molecule has 342 valence electrons. The standard InChI is InChI=1S/C44H65N7O11/c1-45-26-15-13-23-38(53)48-36(30-32-19-9-6-10-20-32)41(57)49-35(29-31-17-7-5-8-18-31)40(56)47-28-14-4-2-3-11-22-37(52)46-27-16-12-21-33(42(58)59)50-44(62)51-34(43(60)61)24-25-39(54)55/h5-10,17-20,33-36,45H,2-4,11-16,21-30H2,1H3,(H,46,52)(H,47,56)(H,48,53)(H,49,57)(H,54,55)(H,58,59)(H,60,61)(H2,50,51,62)/t33?,34?,35-,36-/m1/s1. The number of carboxylic acid groups (broad SMARTS) is 3. The Morgan fingerprint density at radius 3 is 1.53 bits per heavy atom. The molecule has 4 atom stereocenters. The van der Waals surface area contributed by atoms with Gasteiger partial charge in [0.2, 0.25) is 23.6 Å². The zero-order valence-corrected chi connectivity index (χ0v) is 35.6. The van der Waals surface area contributed by atoms with Crippen molar-refractivity contribution in [2.75, 3.05) is 26.7 Å². The zero-order valence-electron chi connectivity index (χ0n) is 35.6. The monoisotopic (exact) mass is 867 g/mol. The fourth-order valence-corrected chi connectivity index (χ4v) is 6.45. The van der Waals surface area contributed by atoms with Gasteiger partial charge in [0.1, 0.15) is 24.2 Å². The highest BCUT2D eigenvalue weighted by atomic mass is 16.4. The summed E-state index contributed by atoms with van der Waals surface area (Å²) in [5.41, 5.74) is 1.75. The van der Waals surface area contributed by atoms with Crippen LogP contribution in [0, 0.1) is 0 Å². The van der Waals surface area contributed by atoms with E-state index in [0.29, 0.717) is 51.6 Å². The number of carbonyl (C=O) groups is 8. The van der Waals surface area contributed by atoms with Gasteiger partial charge in [0.15, 0.2) is 0 Å². The van der Waals surface area contributed by atoms with Crippen LogP contribution in [-0.4, -0.2) is 114 Å². The first kappa shape index (κ1) is 52.1. The first-order valence-corrected chi connectivity index (χ1v) is 21.4. The number of urea groups is 1. The Bertz CT molecular complexity index is 1700. The van der Waals surface area contributed by atoms with Gasteiger partial charge in [-0.05, 0) is 76.1 Å². The largest absolute Gasteiger partial charge is 0.481 e. The molecule has 6 amide bonds. The van der Waals surface area contributed by atoms with Crippen molar-refractivity contribution < 1.29 is 53.7 Å². The number of amides is 6. The Labute approximate surface area is 363 Å². The van der Waals surface area contributed by atoms with Crippen LogP contribution < -0.4 is 37.2 Å². The molecular formula is C44H65N7O11. The lowest BCUT2D eigenvalue weighted by atomic mass is 10.0. The van der Waals surface area contributed by atoms with Gasteiger partial charge in [-0.2, -0.15) is 0 Å². The first-order valence-electron chi connectivity index (χ1n) is 21.4. The molecule has 0 aliphatic carbocycles. The zero-order chi connectivity index (χ0) is 45.5.